The van der Waals surface area contributed by atoms with Crippen molar-refractivity contribution in [2.45, 2.75) is 19.8 Å². The van der Waals surface area contributed by atoms with Crippen LogP contribution in [0, 0.1) is 11.6 Å². The number of benzene rings is 1. The lowest BCUT2D eigenvalue weighted by Crippen LogP contribution is -2.03. The van der Waals surface area contributed by atoms with Gasteiger partial charge in [-0.05, 0) is 24.6 Å². The summed E-state index contributed by atoms with van der Waals surface area (Å²) in [5.74, 6) is -1.01. The van der Waals surface area contributed by atoms with Gasteiger partial charge in [0.15, 0.2) is 11.6 Å². The molecule has 2 rings (SSSR count). The zero-order valence-corrected chi connectivity index (χ0v) is 10.9. The molecule has 0 unspecified atom stereocenters. The number of hydrogen-bond donors (Lipinski definition) is 1. The van der Waals surface area contributed by atoms with Crippen LogP contribution < -0.4 is 5.32 Å². The molecule has 100 valence electrons. The van der Waals surface area contributed by atoms with E-state index in [0.717, 1.165) is 36.4 Å². The van der Waals surface area contributed by atoms with Crippen LogP contribution in [0.4, 0.5) is 14.6 Å². The molecule has 0 saturated carbocycles. The number of nitrogens with zero attached hydrogens (tertiary/aromatic N) is 2. The molecule has 1 N–H and O–H groups in total. The van der Waals surface area contributed by atoms with Crippen LogP contribution in [0.3, 0.4) is 0 Å². The minimum atomic E-state index is -0.871. The minimum absolute atomic E-state index is 0.557. The van der Waals surface area contributed by atoms with Crippen LogP contribution in [-0.2, 0) is 6.42 Å². The van der Waals surface area contributed by atoms with E-state index in [4.69, 9.17) is 0 Å². The Kier molecular flexibility index (Phi) is 4.04. The highest BCUT2D eigenvalue weighted by Gasteiger charge is 2.13. The van der Waals surface area contributed by atoms with Crippen molar-refractivity contribution in [2.75, 3.05) is 12.4 Å². The molecule has 0 bridgehead atoms. The molecule has 1 aromatic carbocycles. The molecule has 0 amide bonds. The number of halogens is 2. The van der Waals surface area contributed by atoms with Gasteiger partial charge in [0.1, 0.15) is 12.1 Å². The molecule has 1 aromatic heterocycles. The second-order valence-electron chi connectivity index (χ2n) is 4.18. The number of aromatic nitrogens is 2. The first-order chi connectivity index (χ1) is 9.17. The van der Waals surface area contributed by atoms with E-state index in [2.05, 4.69) is 15.3 Å². The van der Waals surface area contributed by atoms with Crippen LogP contribution in [-0.4, -0.2) is 17.0 Å². The monoisotopic (exact) mass is 263 g/mol. The Morgan fingerprint density at radius 1 is 1.16 bits per heavy atom. The van der Waals surface area contributed by atoms with Crippen LogP contribution in [0.2, 0.25) is 0 Å². The molecule has 0 aliphatic heterocycles. The van der Waals surface area contributed by atoms with Gasteiger partial charge in [-0.25, -0.2) is 18.7 Å². The predicted octanol–water partition coefficient (Wildman–Crippen LogP) is 3.42. The standard InChI is InChI=1S/C14H15F2N3/c1-3-4-10-13(18-8-19-14(10)17-2)9-5-6-11(15)12(16)7-9/h5-8H,3-4H2,1-2H3,(H,17,18,19). The third-order valence-corrected chi connectivity index (χ3v) is 2.88. The summed E-state index contributed by atoms with van der Waals surface area (Å²) in [6.07, 6.45) is 3.10. The molecule has 0 radical (unpaired) electrons. The molecule has 19 heavy (non-hydrogen) atoms. The first-order valence-corrected chi connectivity index (χ1v) is 6.14. The van der Waals surface area contributed by atoms with E-state index >= 15 is 0 Å². The maximum absolute atomic E-state index is 13.3. The SMILES string of the molecule is CCCc1c(NC)ncnc1-c1ccc(F)c(F)c1. The van der Waals surface area contributed by atoms with E-state index in [9.17, 15) is 8.78 Å². The van der Waals surface area contributed by atoms with Gasteiger partial charge in [-0.1, -0.05) is 13.3 Å². The second kappa shape index (κ2) is 5.73. The zero-order chi connectivity index (χ0) is 13.8. The summed E-state index contributed by atoms with van der Waals surface area (Å²) >= 11 is 0. The molecule has 1 heterocycles. The molecule has 0 aliphatic rings. The van der Waals surface area contributed by atoms with E-state index in [0.29, 0.717) is 11.3 Å². The third kappa shape index (κ3) is 2.70. The van der Waals surface area contributed by atoms with Gasteiger partial charge in [-0.3, -0.25) is 0 Å². The van der Waals surface area contributed by atoms with Gasteiger partial charge in [0.25, 0.3) is 0 Å². The average Bonchev–Trinajstić information content (AvgIpc) is 2.42. The van der Waals surface area contributed by atoms with E-state index in [1.54, 1.807) is 7.05 Å². The molecule has 3 nitrogen and oxygen atoms in total. The summed E-state index contributed by atoms with van der Waals surface area (Å²) < 4.78 is 26.3. The first kappa shape index (κ1) is 13.4. The molecular formula is C14H15F2N3. The maximum Gasteiger partial charge on any atom is 0.159 e. The van der Waals surface area contributed by atoms with Gasteiger partial charge >= 0.3 is 0 Å². The van der Waals surface area contributed by atoms with Crippen molar-refractivity contribution >= 4 is 5.82 Å². The van der Waals surface area contributed by atoms with Gasteiger partial charge < -0.3 is 5.32 Å². The number of anilines is 1. The Morgan fingerprint density at radius 2 is 1.95 bits per heavy atom. The second-order valence-corrected chi connectivity index (χ2v) is 4.18. The lowest BCUT2D eigenvalue weighted by Gasteiger charge is -2.12. The summed E-state index contributed by atoms with van der Waals surface area (Å²) in [5.41, 5.74) is 2.11. The van der Waals surface area contributed by atoms with Gasteiger partial charge in [0.05, 0.1) is 5.69 Å². The van der Waals surface area contributed by atoms with E-state index in [1.807, 2.05) is 6.92 Å². The normalized spacial score (nSPS) is 10.5. The minimum Gasteiger partial charge on any atom is -0.373 e. The van der Waals surface area contributed by atoms with Crippen molar-refractivity contribution in [1.29, 1.82) is 0 Å². The van der Waals surface area contributed by atoms with Crippen molar-refractivity contribution in [1.82, 2.24) is 9.97 Å². The van der Waals surface area contributed by atoms with Crippen LogP contribution in [0.1, 0.15) is 18.9 Å². The molecule has 0 saturated heterocycles. The third-order valence-electron chi connectivity index (χ3n) is 2.88. The first-order valence-electron chi connectivity index (χ1n) is 6.14. The van der Waals surface area contributed by atoms with Crippen molar-refractivity contribution in [3.63, 3.8) is 0 Å². The van der Waals surface area contributed by atoms with Crippen molar-refractivity contribution in [3.8, 4) is 11.3 Å². The van der Waals surface area contributed by atoms with Crippen LogP contribution in [0.25, 0.3) is 11.3 Å². The number of nitrogens with one attached hydrogen (secondary N) is 1. The Bertz CT molecular complexity index is 585. The molecular weight excluding hydrogens is 248 g/mol. The van der Waals surface area contributed by atoms with Crippen molar-refractivity contribution in [3.05, 3.63) is 41.7 Å². The molecule has 0 aliphatic carbocycles. The highest BCUT2D eigenvalue weighted by Crippen LogP contribution is 2.27. The number of hydrogen-bond acceptors (Lipinski definition) is 3. The molecule has 0 spiro atoms. The summed E-state index contributed by atoms with van der Waals surface area (Å²) in [7, 11) is 1.77. The Hall–Kier alpha value is -2.04. The highest BCUT2D eigenvalue weighted by atomic mass is 19.2. The smallest absolute Gasteiger partial charge is 0.159 e. The van der Waals surface area contributed by atoms with Crippen LogP contribution >= 0.6 is 0 Å². The Morgan fingerprint density at radius 3 is 2.58 bits per heavy atom. The topological polar surface area (TPSA) is 37.8 Å². The summed E-state index contributed by atoms with van der Waals surface area (Å²) in [6, 6.07) is 3.80. The average molecular weight is 263 g/mol. The Labute approximate surface area is 110 Å². The molecule has 2 aromatic rings. The van der Waals surface area contributed by atoms with Gasteiger partial charge in [-0.15, -0.1) is 0 Å². The fourth-order valence-corrected chi connectivity index (χ4v) is 2.01. The van der Waals surface area contributed by atoms with Crippen molar-refractivity contribution < 1.29 is 8.78 Å². The molecule has 0 fully saturated rings. The van der Waals surface area contributed by atoms with E-state index in [1.165, 1.54) is 12.4 Å². The van der Waals surface area contributed by atoms with Gasteiger partial charge in [-0.2, -0.15) is 0 Å². The summed E-state index contributed by atoms with van der Waals surface area (Å²) in [6.45, 7) is 2.04. The van der Waals surface area contributed by atoms with Crippen LogP contribution in [0.5, 0.6) is 0 Å². The summed E-state index contributed by atoms with van der Waals surface area (Å²) in [4.78, 5) is 8.36. The lowest BCUT2D eigenvalue weighted by atomic mass is 10.0. The van der Waals surface area contributed by atoms with Crippen molar-refractivity contribution in [2.24, 2.45) is 0 Å². The van der Waals surface area contributed by atoms with Gasteiger partial charge in [0, 0.05) is 18.2 Å². The largest absolute Gasteiger partial charge is 0.373 e. The van der Waals surface area contributed by atoms with E-state index in [-0.39, 0.29) is 0 Å². The van der Waals surface area contributed by atoms with Gasteiger partial charge in [0.2, 0.25) is 0 Å². The zero-order valence-electron chi connectivity index (χ0n) is 10.9. The predicted molar refractivity (Wildman–Crippen MR) is 70.9 cm³/mol. The Balaban J connectivity index is 2.57. The summed E-state index contributed by atoms with van der Waals surface area (Å²) in [5, 5.41) is 3.00. The highest BCUT2D eigenvalue weighted by molar-refractivity contribution is 5.68. The lowest BCUT2D eigenvalue weighted by molar-refractivity contribution is 0.509. The quantitative estimate of drug-likeness (QED) is 0.918. The van der Waals surface area contributed by atoms with E-state index < -0.39 is 11.6 Å². The maximum atomic E-state index is 13.3. The fraction of sp³-hybridized carbons (Fsp3) is 0.286. The fourth-order valence-electron chi connectivity index (χ4n) is 2.01. The molecule has 5 heteroatoms. The van der Waals surface area contributed by atoms with Crippen LogP contribution in [0.15, 0.2) is 24.5 Å². The molecule has 0 atom stereocenters. The number of rotatable bonds is 4.